The van der Waals surface area contributed by atoms with Crippen LogP contribution in [0.15, 0.2) is 42.5 Å². The van der Waals surface area contributed by atoms with Crippen molar-refractivity contribution in [3.63, 3.8) is 0 Å². The van der Waals surface area contributed by atoms with Crippen LogP contribution in [-0.4, -0.2) is 37.5 Å². The first kappa shape index (κ1) is 19.9. The van der Waals surface area contributed by atoms with Gasteiger partial charge in [0.25, 0.3) is 5.91 Å². The molecule has 0 atom stereocenters. The Hall–Kier alpha value is -3.86. The minimum absolute atomic E-state index is 0.0459. The number of hydrogen-bond donors (Lipinski definition) is 1. The highest BCUT2D eigenvalue weighted by Crippen LogP contribution is 2.31. The molecule has 0 aromatic heterocycles. The number of nitriles is 1. The zero-order chi connectivity index (χ0) is 20.6. The molecular formula is C21H18N2O6. The van der Waals surface area contributed by atoms with Gasteiger partial charge >= 0.3 is 5.97 Å². The number of rotatable bonds is 7. The van der Waals surface area contributed by atoms with Gasteiger partial charge in [0.2, 0.25) is 0 Å². The first-order valence-corrected chi connectivity index (χ1v) is 8.93. The first-order chi connectivity index (χ1) is 14.0. The van der Waals surface area contributed by atoms with Crippen molar-refractivity contribution < 1.29 is 28.6 Å². The van der Waals surface area contributed by atoms with Crippen LogP contribution in [0.3, 0.4) is 0 Å². The van der Waals surface area contributed by atoms with Gasteiger partial charge < -0.3 is 19.5 Å². The lowest BCUT2D eigenvalue weighted by Gasteiger charge is -2.18. The highest BCUT2D eigenvalue weighted by molar-refractivity contribution is 5.98. The number of nitrogens with zero attached hydrogens (tertiary/aromatic N) is 1. The molecule has 8 heteroatoms. The number of Topliss-reactive ketones (excluding diaryl/α,β-unsaturated/α-hetero) is 1. The first-order valence-electron chi connectivity index (χ1n) is 8.93. The lowest BCUT2D eigenvalue weighted by Crippen LogP contribution is -2.21. The molecule has 0 aliphatic carbocycles. The summed E-state index contributed by atoms with van der Waals surface area (Å²) in [4.78, 5) is 35.9. The Morgan fingerprint density at radius 1 is 1.00 bits per heavy atom. The van der Waals surface area contributed by atoms with Crippen molar-refractivity contribution >= 4 is 23.3 Å². The summed E-state index contributed by atoms with van der Waals surface area (Å²) in [5, 5.41) is 11.3. The molecule has 3 rings (SSSR count). The average Bonchev–Trinajstić information content (AvgIpc) is 2.76. The largest absolute Gasteiger partial charge is 0.486 e. The molecule has 0 spiro atoms. The predicted molar refractivity (Wildman–Crippen MR) is 102 cm³/mol. The number of ether oxygens (including phenoxy) is 3. The summed E-state index contributed by atoms with van der Waals surface area (Å²) in [6, 6.07) is 13.1. The van der Waals surface area contributed by atoms with Crippen molar-refractivity contribution in [3.8, 4) is 17.6 Å². The second-order valence-corrected chi connectivity index (χ2v) is 6.18. The normalized spacial score (nSPS) is 11.8. The van der Waals surface area contributed by atoms with Crippen LogP contribution in [-0.2, 0) is 14.3 Å². The molecule has 0 saturated carbocycles. The molecule has 0 bridgehead atoms. The van der Waals surface area contributed by atoms with Crippen LogP contribution < -0.4 is 14.8 Å². The fraction of sp³-hybridized carbons (Fsp3) is 0.238. The second-order valence-electron chi connectivity index (χ2n) is 6.18. The highest BCUT2D eigenvalue weighted by atomic mass is 16.6. The van der Waals surface area contributed by atoms with E-state index in [0.717, 1.165) is 0 Å². The van der Waals surface area contributed by atoms with Gasteiger partial charge in [-0.3, -0.25) is 14.4 Å². The van der Waals surface area contributed by atoms with Gasteiger partial charge in [-0.2, -0.15) is 5.26 Å². The standard InChI is InChI=1S/C21H18N2O6/c22-12-14-1-4-16(5-2-14)23-20(25)13-29-21(26)8-6-17(24)15-3-7-18-19(11-15)28-10-9-27-18/h1-5,7,11H,6,8-10,13H2,(H,23,25). The summed E-state index contributed by atoms with van der Waals surface area (Å²) in [5.74, 6) is -0.308. The van der Waals surface area contributed by atoms with Crippen LogP contribution in [0.4, 0.5) is 5.69 Å². The molecule has 1 N–H and O–H groups in total. The van der Waals surface area contributed by atoms with Gasteiger partial charge in [0.05, 0.1) is 18.1 Å². The van der Waals surface area contributed by atoms with Gasteiger partial charge in [-0.1, -0.05) is 0 Å². The van der Waals surface area contributed by atoms with E-state index in [1.807, 2.05) is 6.07 Å². The fourth-order valence-electron chi connectivity index (χ4n) is 2.62. The highest BCUT2D eigenvalue weighted by Gasteiger charge is 2.16. The molecule has 8 nitrogen and oxygen atoms in total. The summed E-state index contributed by atoms with van der Waals surface area (Å²) in [6.45, 7) is 0.420. The van der Waals surface area contributed by atoms with Crippen LogP contribution >= 0.6 is 0 Å². The number of carbonyl (C=O) groups is 3. The van der Waals surface area contributed by atoms with E-state index in [-0.39, 0.29) is 18.6 Å². The van der Waals surface area contributed by atoms with Crippen molar-refractivity contribution in [3.05, 3.63) is 53.6 Å². The lowest BCUT2D eigenvalue weighted by atomic mass is 10.1. The molecule has 2 aromatic carbocycles. The Balaban J connectivity index is 1.41. The van der Waals surface area contributed by atoms with Gasteiger partial charge in [-0.15, -0.1) is 0 Å². The van der Waals surface area contributed by atoms with Crippen LogP contribution in [0.5, 0.6) is 11.5 Å². The summed E-state index contributed by atoms with van der Waals surface area (Å²) < 4.78 is 15.7. The molecule has 1 aliphatic heterocycles. The van der Waals surface area contributed by atoms with E-state index >= 15 is 0 Å². The van der Waals surface area contributed by atoms with Crippen LogP contribution in [0.25, 0.3) is 0 Å². The monoisotopic (exact) mass is 394 g/mol. The molecule has 0 fully saturated rings. The fourth-order valence-corrected chi connectivity index (χ4v) is 2.62. The number of carbonyl (C=O) groups excluding carboxylic acids is 3. The van der Waals surface area contributed by atoms with Gasteiger partial charge in [0, 0.05) is 17.7 Å². The number of ketones is 1. The Morgan fingerprint density at radius 2 is 1.72 bits per heavy atom. The van der Waals surface area contributed by atoms with Crippen molar-refractivity contribution in [2.75, 3.05) is 25.1 Å². The third kappa shape index (κ3) is 5.56. The molecule has 0 radical (unpaired) electrons. The number of amides is 1. The van der Waals surface area contributed by atoms with Gasteiger partial charge in [-0.05, 0) is 42.5 Å². The Labute approximate surface area is 167 Å². The zero-order valence-electron chi connectivity index (χ0n) is 15.5. The van der Waals surface area contributed by atoms with Gasteiger partial charge in [0.1, 0.15) is 13.2 Å². The summed E-state index contributed by atoms with van der Waals surface area (Å²) in [5.41, 5.74) is 1.37. The van der Waals surface area contributed by atoms with Crippen LogP contribution in [0.2, 0.25) is 0 Å². The molecule has 148 valence electrons. The maximum Gasteiger partial charge on any atom is 0.306 e. The third-order valence-corrected chi connectivity index (χ3v) is 4.08. The summed E-state index contributed by atoms with van der Waals surface area (Å²) >= 11 is 0. The van der Waals surface area contributed by atoms with Crippen molar-refractivity contribution in [1.29, 1.82) is 5.26 Å². The van der Waals surface area contributed by atoms with Crippen molar-refractivity contribution in [2.24, 2.45) is 0 Å². The molecular weight excluding hydrogens is 376 g/mol. The Kier molecular flexibility index (Phi) is 6.43. The molecule has 1 amide bonds. The molecule has 0 saturated heterocycles. The lowest BCUT2D eigenvalue weighted by molar-refractivity contribution is -0.147. The quantitative estimate of drug-likeness (QED) is 0.567. The Bertz CT molecular complexity index is 962. The van der Waals surface area contributed by atoms with E-state index in [0.29, 0.717) is 41.5 Å². The molecule has 0 unspecified atom stereocenters. The van der Waals surface area contributed by atoms with Crippen molar-refractivity contribution in [2.45, 2.75) is 12.8 Å². The smallest absolute Gasteiger partial charge is 0.306 e. The maximum absolute atomic E-state index is 12.3. The summed E-state index contributed by atoms with van der Waals surface area (Å²) in [6.07, 6.45) is -0.187. The molecule has 2 aromatic rings. The van der Waals surface area contributed by atoms with E-state index in [9.17, 15) is 14.4 Å². The van der Waals surface area contributed by atoms with E-state index < -0.39 is 18.5 Å². The number of benzene rings is 2. The van der Waals surface area contributed by atoms with Crippen molar-refractivity contribution in [1.82, 2.24) is 0 Å². The van der Waals surface area contributed by atoms with Crippen LogP contribution in [0, 0.1) is 11.3 Å². The third-order valence-electron chi connectivity index (χ3n) is 4.08. The van der Waals surface area contributed by atoms with E-state index in [4.69, 9.17) is 19.5 Å². The van der Waals surface area contributed by atoms with E-state index in [2.05, 4.69) is 5.32 Å². The second kappa shape index (κ2) is 9.37. The number of anilines is 1. The maximum atomic E-state index is 12.3. The van der Waals surface area contributed by atoms with Crippen LogP contribution in [0.1, 0.15) is 28.8 Å². The number of fused-ring (bicyclic) bond motifs is 1. The predicted octanol–water partition coefficient (Wildman–Crippen LogP) is 2.47. The minimum atomic E-state index is -0.647. The minimum Gasteiger partial charge on any atom is -0.486 e. The van der Waals surface area contributed by atoms with Gasteiger partial charge in [-0.25, -0.2) is 0 Å². The Morgan fingerprint density at radius 3 is 2.45 bits per heavy atom. The SMILES string of the molecule is N#Cc1ccc(NC(=O)COC(=O)CCC(=O)c2ccc3c(c2)OCCO3)cc1. The molecule has 29 heavy (non-hydrogen) atoms. The number of esters is 1. The van der Waals surface area contributed by atoms with E-state index in [1.54, 1.807) is 42.5 Å². The number of hydrogen-bond acceptors (Lipinski definition) is 7. The molecule has 1 aliphatic rings. The average molecular weight is 394 g/mol. The zero-order valence-corrected chi connectivity index (χ0v) is 15.5. The number of nitrogens with one attached hydrogen (secondary N) is 1. The van der Waals surface area contributed by atoms with Gasteiger partial charge in [0.15, 0.2) is 23.9 Å². The van der Waals surface area contributed by atoms with E-state index in [1.165, 1.54) is 0 Å². The topological polar surface area (TPSA) is 115 Å². The summed E-state index contributed by atoms with van der Waals surface area (Å²) in [7, 11) is 0. The molecule has 1 heterocycles.